The highest BCUT2D eigenvalue weighted by Crippen LogP contribution is 2.39. The molecule has 118 valence electrons. The Hall–Kier alpha value is -2.92. The number of azo groups is 1. The smallest absolute Gasteiger partial charge is 0.220 e. The maximum absolute atomic E-state index is 10.3. The zero-order valence-electron chi connectivity index (χ0n) is 12.8. The first-order valence-electron chi connectivity index (χ1n) is 7.37. The summed E-state index contributed by atoms with van der Waals surface area (Å²) in [5.41, 5.74) is 2.77. The molecule has 0 aliphatic heterocycles. The number of aromatic hydroxyl groups is 1. The Kier molecular flexibility index (Phi) is 3.43. The van der Waals surface area contributed by atoms with Gasteiger partial charge in [-0.2, -0.15) is 0 Å². The Morgan fingerprint density at radius 1 is 1.04 bits per heavy atom. The predicted octanol–water partition coefficient (Wildman–Crippen LogP) is 5.50. The van der Waals surface area contributed by atoms with E-state index < -0.39 is 0 Å². The van der Waals surface area contributed by atoms with Crippen molar-refractivity contribution >= 4 is 44.8 Å². The Balaban J connectivity index is 1.86. The van der Waals surface area contributed by atoms with Crippen molar-refractivity contribution in [2.45, 2.75) is 0 Å². The Bertz CT molecular complexity index is 1100. The molecule has 24 heavy (non-hydrogen) atoms. The van der Waals surface area contributed by atoms with Gasteiger partial charge in [0, 0.05) is 29.0 Å². The second-order valence-electron chi connectivity index (χ2n) is 5.44. The first kappa shape index (κ1) is 14.7. The molecule has 2 aromatic heterocycles. The molecule has 0 amide bonds. The molecule has 0 radical (unpaired) electrons. The molecule has 0 bridgehead atoms. The maximum Gasteiger partial charge on any atom is 0.220 e. The van der Waals surface area contributed by atoms with E-state index >= 15 is 0 Å². The molecule has 0 atom stereocenters. The zero-order chi connectivity index (χ0) is 16.7. The summed E-state index contributed by atoms with van der Waals surface area (Å²) < 4.78 is 1.69. The molecule has 0 saturated carbocycles. The van der Waals surface area contributed by atoms with Gasteiger partial charge in [-0.1, -0.05) is 29.8 Å². The topological polar surface area (TPSA) is 62.8 Å². The largest absolute Gasteiger partial charge is 0.493 e. The molecule has 0 unspecified atom stereocenters. The van der Waals surface area contributed by atoms with E-state index in [9.17, 15) is 5.11 Å². The second kappa shape index (κ2) is 5.62. The third-order valence-corrected chi connectivity index (χ3v) is 4.22. The average molecular weight is 337 g/mol. The third-order valence-electron chi connectivity index (χ3n) is 3.99. The van der Waals surface area contributed by atoms with Gasteiger partial charge in [0.15, 0.2) is 5.69 Å². The normalized spacial score (nSPS) is 11.8. The molecule has 5 nitrogen and oxygen atoms in total. The zero-order valence-corrected chi connectivity index (χ0v) is 13.6. The summed E-state index contributed by atoms with van der Waals surface area (Å²) >= 11 is 6.00. The maximum atomic E-state index is 10.3. The second-order valence-corrected chi connectivity index (χ2v) is 5.88. The van der Waals surface area contributed by atoms with E-state index in [1.807, 2.05) is 30.3 Å². The lowest BCUT2D eigenvalue weighted by atomic mass is 10.2. The number of para-hydroxylation sites is 1. The average Bonchev–Trinajstić information content (AvgIpc) is 2.84. The Morgan fingerprint density at radius 2 is 1.88 bits per heavy atom. The number of rotatable bonds is 2. The summed E-state index contributed by atoms with van der Waals surface area (Å²) in [5.74, 6) is 0.0846. The number of hydrogen-bond acceptors (Lipinski definition) is 4. The summed E-state index contributed by atoms with van der Waals surface area (Å²) in [6.45, 7) is 0. The number of hydrogen-bond donors (Lipinski definition) is 1. The number of aromatic nitrogens is 2. The lowest BCUT2D eigenvalue weighted by Gasteiger charge is -2.00. The van der Waals surface area contributed by atoms with Crippen LogP contribution in [-0.2, 0) is 7.05 Å². The molecular weight excluding hydrogens is 324 g/mol. The quantitative estimate of drug-likeness (QED) is 0.491. The van der Waals surface area contributed by atoms with E-state index in [1.54, 1.807) is 36.0 Å². The van der Waals surface area contributed by atoms with Gasteiger partial charge in [-0.3, -0.25) is 4.98 Å². The molecule has 0 saturated heterocycles. The summed E-state index contributed by atoms with van der Waals surface area (Å²) in [4.78, 5) is 4.29. The molecule has 2 aromatic carbocycles. The van der Waals surface area contributed by atoms with Crippen molar-refractivity contribution in [2.75, 3.05) is 0 Å². The number of nitrogens with zero attached hydrogens (tertiary/aromatic N) is 4. The molecule has 4 aromatic rings. The van der Waals surface area contributed by atoms with Gasteiger partial charge in [0.2, 0.25) is 5.88 Å². The summed E-state index contributed by atoms with van der Waals surface area (Å²) in [6.07, 6.45) is 1.66. The summed E-state index contributed by atoms with van der Waals surface area (Å²) in [7, 11) is 1.79. The number of halogens is 1. The van der Waals surface area contributed by atoms with Crippen LogP contribution in [0.4, 0.5) is 11.4 Å². The molecule has 1 N–H and O–H groups in total. The fourth-order valence-corrected chi connectivity index (χ4v) is 2.92. The van der Waals surface area contributed by atoms with E-state index in [-0.39, 0.29) is 5.88 Å². The van der Waals surface area contributed by atoms with Crippen molar-refractivity contribution in [3.63, 3.8) is 0 Å². The van der Waals surface area contributed by atoms with Crippen LogP contribution in [-0.4, -0.2) is 14.7 Å². The summed E-state index contributed by atoms with van der Waals surface area (Å²) in [6, 6.07) is 14.9. The molecule has 0 aliphatic rings. The lowest BCUT2D eigenvalue weighted by molar-refractivity contribution is 0.436. The van der Waals surface area contributed by atoms with E-state index in [2.05, 4.69) is 15.2 Å². The van der Waals surface area contributed by atoms with Gasteiger partial charge in [-0.25, -0.2) is 0 Å². The van der Waals surface area contributed by atoms with Gasteiger partial charge in [0.05, 0.1) is 16.7 Å². The molecular formula is C18H13ClN4O. The van der Waals surface area contributed by atoms with Crippen molar-refractivity contribution in [2.24, 2.45) is 17.3 Å². The standard InChI is InChI=1S/C18H13ClN4O/c1-23-16-5-3-2-4-13(16)17(18(23)24)22-21-14-8-9-20-15-10-11(19)6-7-12(14)15/h2-10,24H,1H3. The number of pyridine rings is 1. The van der Waals surface area contributed by atoms with Gasteiger partial charge < -0.3 is 9.67 Å². The monoisotopic (exact) mass is 336 g/mol. The SMILES string of the molecule is Cn1c(O)c(N=Nc2ccnc3cc(Cl)ccc23)c2ccccc21. The summed E-state index contributed by atoms with van der Waals surface area (Å²) in [5, 5.41) is 21.3. The van der Waals surface area contributed by atoms with E-state index in [0.29, 0.717) is 16.4 Å². The molecule has 0 fully saturated rings. The first-order chi connectivity index (χ1) is 11.6. The van der Waals surface area contributed by atoms with Gasteiger partial charge in [0.25, 0.3) is 0 Å². The van der Waals surface area contributed by atoms with Gasteiger partial charge >= 0.3 is 0 Å². The first-order valence-corrected chi connectivity index (χ1v) is 7.75. The van der Waals surface area contributed by atoms with Crippen LogP contribution in [0.15, 0.2) is 65.0 Å². The van der Waals surface area contributed by atoms with Gasteiger partial charge in [-0.05, 0) is 30.3 Å². The van der Waals surface area contributed by atoms with Crippen LogP contribution >= 0.6 is 11.6 Å². The minimum absolute atomic E-state index is 0.0846. The van der Waals surface area contributed by atoms with Crippen molar-refractivity contribution in [1.82, 2.24) is 9.55 Å². The predicted molar refractivity (Wildman–Crippen MR) is 95.5 cm³/mol. The van der Waals surface area contributed by atoms with Crippen molar-refractivity contribution in [3.05, 3.63) is 59.8 Å². The van der Waals surface area contributed by atoms with Crippen molar-refractivity contribution in [3.8, 4) is 5.88 Å². The fraction of sp³-hybridized carbons (Fsp3) is 0.0556. The molecule has 2 heterocycles. The van der Waals surface area contributed by atoms with E-state index in [0.717, 1.165) is 21.8 Å². The fourth-order valence-electron chi connectivity index (χ4n) is 2.76. The van der Waals surface area contributed by atoms with Crippen LogP contribution in [0.5, 0.6) is 5.88 Å². The number of aryl methyl sites for hydroxylation is 1. The molecule has 6 heteroatoms. The van der Waals surface area contributed by atoms with Crippen molar-refractivity contribution in [1.29, 1.82) is 0 Å². The van der Waals surface area contributed by atoms with E-state index in [1.165, 1.54) is 0 Å². The highest BCUT2D eigenvalue weighted by Gasteiger charge is 2.13. The van der Waals surface area contributed by atoms with Crippen LogP contribution in [0.2, 0.25) is 5.02 Å². The molecule has 0 aliphatic carbocycles. The highest BCUT2D eigenvalue weighted by molar-refractivity contribution is 6.31. The van der Waals surface area contributed by atoms with Crippen LogP contribution in [0.1, 0.15) is 0 Å². The molecule has 4 rings (SSSR count). The van der Waals surface area contributed by atoms with Crippen LogP contribution in [0.3, 0.4) is 0 Å². The van der Waals surface area contributed by atoms with E-state index in [4.69, 9.17) is 11.6 Å². The van der Waals surface area contributed by atoms with Crippen LogP contribution in [0.25, 0.3) is 21.8 Å². The van der Waals surface area contributed by atoms with Gasteiger partial charge in [-0.15, -0.1) is 10.2 Å². The minimum atomic E-state index is 0.0846. The number of benzene rings is 2. The minimum Gasteiger partial charge on any atom is -0.493 e. The lowest BCUT2D eigenvalue weighted by Crippen LogP contribution is -1.84. The van der Waals surface area contributed by atoms with Gasteiger partial charge in [0.1, 0.15) is 0 Å². The van der Waals surface area contributed by atoms with Crippen LogP contribution < -0.4 is 0 Å². The van der Waals surface area contributed by atoms with Crippen LogP contribution in [0, 0.1) is 0 Å². The third kappa shape index (κ3) is 2.30. The molecule has 0 spiro atoms. The van der Waals surface area contributed by atoms with Crippen molar-refractivity contribution < 1.29 is 5.11 Å². The Labute approximate surface area is 142 Å². The number of fused-ring (bicyclic) bond motifs is 2. The highest BCUT2D eigenvalue weighted by atomic mass is 35.5. The Morgan fingerprint density at radius 3 is 2.75 bits per heavy atom.